The summed E-state index contributed by atoms with van der Waals surface area (Å²) in [6, 6.07) is 15.3. The Labute approximate surface area is 260 Å². The van der Waals surface area contributed by atoms with E-state index in [0.717, 1.165) is 12.8 Å². The molecule has 0 aromatic heterocycles. The van der Waals surface area contributed by atoms with Crippen LogP contribution in [0.1, 0.15) is 118 Å². The Hall–Kier alpha value is -2.18. The average Bonchev–Trinajstić information content (AvgIpc) is 3.45. The third-order valence-electron chi connectivity index (χ3n) is 10.3. The number of fused-ring (bicyclic) bond motifs is 2. The van der Waals surface area contributed by atoms with Crippen molar-refractivity contribution in [3.63, 3.8) is 0 Å². The van der Waals surface area contributed by atoms with Gasteiger partial charge in [0.25, 0.3) is 0 Å². The first-order valence-electron chi connectivity index (χ1n) is 15.9. The zero-order chi connectivity index (χ0) is 30.9. The molecule has 1 saturated heterocycles. The van der Waals surface area contributed by atoms with E-state index in [4.69, 9.17) is 0 Å². The van der Waals surface area contributed by atoms with Gasteiger partial charge in [-0.15, -0.1) is 0 Å². The zero-order valence-electron chi connectivity index (χ0n) is 28.2. The van der Waals surface area contributed by atoms with Gasteiger partial charge in [0, 0.05) is 0 Å². The number of benzene rings is 3. The van der Waals surface area contributed by atoms with E-state index in [1.54, 1.807) is 47.7 Å². The summed E-state index contributed by atoms with van der Waals surface area (Å²) in [7, 11) is 0. The second-order valence-electron chi connectivity index (χ2n) is 15.7. The molecule has 2 unspecified atom stereocenters. The van der Waals surface area contributed by atoms with E-state index in [0.29, 0.717) is 5.75 Å². The molecule has 0 spiro atoms. The summed E-state index contributed by atoms with van der Waals surface area (Å²) in [5.74, 6) is 0.399. The summed E-state index contributed by atoms with van der Waals surface area (Å²) in [6.45, 7) is 27.1. The predicted molar refractivity (Wildman–Crippen MR) is 180 cm³/mol. The summed E-state index contributed by atoms with van der Waals surface area (Å²) in [6.07, 6.45) is 5.08. The van der Waals surface area contributed by atoms with Crippen LogP contribution in [0.15, 0.2) is 53.6 Å². The maximum absolute atomic E-state index is 9.84. The molecule has 0 amide bonds. The number of rotatable bonds is 2. The van der Waals surface area contributed by atoms with Gasteiger partial charge in [-0.2, -0.15) is 0 Å². The molecule has 2 atom stereocenters. The van der Waals surface area contributed by atoms with E-state index in [2.05, 4.69) is 126 Å². The third kappa shape index (κ3) is 5.36. The first-order valence-corrected chi connectivity index (χ1v) is 22.2. The van der Waals surface area contributed by atoms with Gasteiger partial charge in [-0.1, -0.05) is 53.7 Å². The second-order valence-corrected chi connectivity index (χ2v) is 27.0. The first kappa shape index (κ1) is 31.3. The third-order valence-corrected chi connectivity index (χ3v) is 23.7. The van der Waals surface area contributed by atoms with Crippen LogP contribution in [-0.4, -0.2) is 5.11 Å². The molecule has 6 rings (SSSR count). The molecule has 0 saturated carbocycles. The molecule has 1 N–H and O–H groups in total. The van der Waals surface area contributed by atoms with E-state index in [1.807, 2.05) is 6.07 Å². The number of phenolic OH excluding ortho intramolecular Hbond substituents is 1. The number of aryl methyl sites for hydroxylation is 4. The Morgan fingerprint density at radius 2 is 1.02 bits per heavy atom. The van der Waals surface area contributed by atoms with Crippen molar-refractivity contribution in [1.82, 2.24) is 0 Å². The number of aromatic hydroxyl groups is 1. The van der Waals surface area contributed by atoms with Crippen molar-refractivity contribution in [3.05, 3.63) is 109 Å². The Kier molecular flexibility index (Phi) is 8.01. The summed E-state index contributed by atoms with van der Waals surface area (Å²) in [5.41, 5.74) is 18.3. The van der Waals surface area contributed by atoms with Crippen molar-refractivity contribution in [2.45, 2.75) is 109 Å². The van der Waals surface area contributed by atoms with E-state index in [1.165, 1.54) is 27.8 Å². The fourth-order valence-electron chi connectivity index (χ4n) is 7.91. The molecule has 3 aromatic rings. The van der Waals surface area contributed by atoms with Crippen LogP contribution in [0, 0.1) is 27.7 Å². The van der Waals surface area contributed by atoms with Crippen LogP contribution >= 0.6 is 0 Å². The van der Waals surface area contributed by atoms with Crippen LogP contribution in [0.25, 0.3) is 12.2 Å². The summed E-state index contributed by atoms with van der Waals surface area (Å²) in [5, 5.41) is 9.84. The quantitative estimate of drug-likeness (QED) is 0.296. The molecule has 0 radical (unpaired) electrons. The van der Waals surface area contributed by atoms with Crippen molar-refractivity contribution in [1.29, 1.82) is 0 Å². The molecule has 42 heavy (non-hydrogen) atoms. The fourth-order valence-corrected chi connectivity index (χ4v) is 26.1. The van der Waals surface area contributed by atoms with Gasteiger partial charge in [0.05, 0.1) is 0 Å². The molecule has 2 heteroatoms. The molecule has 0 bridgehead atoms. The molecular weight excluding hydrogens is 588 g/mol. The number of hydrogen-bond acceptors (Lipinski definition) is 1. The van der Waals surface area contributed by atoms with Crippen LogP contribution in [-0.2, 0) is 31.1 Å². The number of allylic oxidation sites excluding steroid dienone is 2. The Bertz CT molecular complexity index is 1530. The molecule has 2 aliphatic carbocycles. The second kappa shape index (κ2) is 10.8. The SMILES string of the molecule is CC(C)(C)c1ccc(O)c(C(C)(C)C)c1.CC1=Cc2c(C)ccc(C)c2[CH]1[Zr]1([CH]2C(C)=Cc3c(C)ccc(C)c32)[CH2][CH2]1. The van der Waals surface area contributed by atoms with Crippen LogP contribution in [0.2, 0.25) is 8.26 Å². The molecule has 1 fully saturated rings. The molecule has 3 aliphatic rings. The van der Waals surface area contributed by atoms with Crippen molar-refractivity contribution in [2.24, 2.45) is 0 Å². The van der Waals surface area contributed by atoms with E-state index >= 15 is 0 Å². The van der Waals surface area contributed by atoms with Gasteiger partial charge in [-0.3, -0.25) is 0 Å². The van der Waals surface area contributed by atoms with Gasteiger partial charge >= 0.3 is 169 Å². The van der Waals surface area contributed by atoms with Gasteiger partial charge in [-0.25, -0.2) is 0 Å². The van der Waals surface area contributed by atoms with Crippen molar-refractivity contribution in [2.75, 3.05) is 0 Å². The molecule has 1 heterocycles. The van der Waals surface area contributed by atoms with Gasteiger partial charge in [0.1, 0.15) is 5.75 Å². The summed E-state index contributed by atoms with van der Waals surface area (Å²) >= 11 is -2.40. The molecular formula is C40H52OZr. The van der Waals surface area contributed by atoms with Crippen LogP contribution in [0.3, 0.4) is 0 Å². The molecule has 1 aliphatic heterocycles. The number of phenols is 1. The average molecular weight is 640 g/mol. The minimum atomic E-state index is -2.40. The topological polar surface area (TPSA) is 20.2 Å². The maximum atomic E-state index is 9.84. The van der Waals surface area contributed by atoms with Crippen molar-refractivity contribution >= 4 is 12.2 Å². The Morgan fingerprint density at radius 3 is 1.40 bits per heavy atom. The van der Waals surface area contributed by atoms with Crippen LogP contribution in [0.4, 0.5) is 0 Å². The Morgan fingerprint density at radius 1 is 0.595 bits per heavy atom. The van der Waals surface area contributed by atoms with Crippen molar-refractivity contribution in [3.8, 4) is 5.75 Å². The summed E-state index contributed by atoms with van der Waals surface area (Å²) < 4.78 is 4.68. The summed E-state index contributed by atoms with van der Waals surface area (Å²) in [4.78, 5) is 0. The fraction of sp³-hybridized carbons (Fsp3) is 0.450. The molecule has 1 nitrogen and oxygen atoms in total. The Balaban J connectivity index is 0.000000201. The number of hydrogen-bond donors (Lipinski definition) is 1. The van der Waals surface area contributed by atoms with Gasteiger partial charge in [0.2, 0.25) is 0 Å². The predicted octanol–water partition coefficient (Wildman–Crippen LogP) is 11.5. The normalized spacial score (nSPS) is 20.3. The standard InChI is InChI=1S/C14H22O.2C12H13.C2H4.Zr/c1-13(2,3)10-7-8-12(15)11(9-10)14(4,5)6;2*1-8-6-11-9(2)4-5-10(3)12(11)7-8;1-2;/h7-9,15H,1-6H3;2*4-7H,1-3H3;1-2H2;. The van der Waals surface area contributed by atoms with Crippen LogP contribution in [0.5, 0.6) is 5.75 Å². The van der Waals surface area contributed by atoms with E-state index in [-0.39, 0.29) is 10.8 Å². The first-order chi connectivity index (χ1) is 19.5. The van der Waals surface area contributed by atoms with Crippen molar-refractivity contribution < 1.29 is 25.4 Å². The minimum absolute atomic E-state index is 0.00859. The van der Waals surface area contributed by atoms with E-state index < -0.39 is 20.3 Å². The molecule has 3 aromatic carbocycles. The monoisotopic (exact) mass is 638 g/mol. The molecule has 222 valence electrons. The van der Waals surface area contributed by atoms with Crippen LogP contribution < -0.4 is 0 Å². The van der Waals surface area contributed by atoms with E-state index in [9.17, 15) is 5.11 Å². The van der Waals surface area contributed by atoms with Gasteiger partial charge < -0.3 is 5.11 Å². The van der Waals surface area contributed by atoms with Gasteiger partial charge in [0.15, 0.2) is 0 Å². The zero-order valence-corrected chi connectivity index (χ0v) is 30.7. The van der Waals surface area contributed by atoms with Gasteiger partial charge in [-0.05, 0) is 28.0 Å².